The summed E-state index contributed by atoms with van der Waals surface area (Å²) in [4.78, 5) is 18.1. The number of amides is 1. The average molecular weight is 466 g/mol. The van der Waals surface area contributed by atoms with E-state index in [1.807, 2.05) is 55.8 Å². The van der Waals surface area contributed by atoms with Crippen LogP contribution in [0.25, 0.3) is 0 Å². The molecule has 0 saturated carbocycles. The molecule has 1 saturated heterocycles. The fraction of sp³-hybridized carbons (Fsp3) is 0.385. The summed E-state index contributed by atoms with van der Waals surface area (Å²) in [5.74, 6) is -0.136. The van der Waals surface area contributed by atoms with E-state index >= 15 is 0 Å². The van der Waals surface area contributed by atoms with Gasteiger partial charge in [-0.05, 0) is 62.7 Å². The Morgan fingerprint density at radius 1 is 1.06 bits per heavy atom. The van der Waals surface area contributed by atoms with E-state index in [1.54, 1.807) is 0 Å². The summed E-state index contributed by atoms with van der Waals surface area (Å²) >= 11 is 6.32. The van der Waals surface area contributed by atoms with Crippen molar-refractivity contribution in [3.63, 3.8) is 0 Å². The van der Waals surface area contributed by atoms with Gasteiger partial charge in [0, 0.05) is 48.3 Å². The van der Waals surface area contributed by atoms with Crippen LogP contribution >= 0.6 is 11.6 Å². The normalized spacial score (nSPS) is 14.5. The van der Waals surface area contributed by atoms with E-state index in [0.29, 0.717) is 22.8 Å². The zero-order chi connectivity index (χ0) is 23.5. The molecular weight excluding hydrogens is 434 g/mol. The number of carbonyl (C=O) groups excluding carboxylic acids is 1. The smallest absolute Gasteiger partial charge is 0.259 e. The van der Waals surface area contributed by atoms with Gasteiger partial charge in [-0.3, -0.25) is 9.48 Å². The number of benzene rings is 2. The van der Waals surface area contributed by atoms with Gasteiger partial charge >= 0.3 is 0 Å². The van der Waals surface area contributed by atoms with Gasteiger partial charge in [0.1, 0.15) is 0 Å². The number of likely N-dealkylation sites (N-methyl/N-ethyl adjacent to an activating group) is 1. The number of nitrogens with one attached hydrogen (secondary N) is 1. The fourth-order valence-electron chi connectivity index (χ4n) is 4.46. The highest BCUT2D eigenvalue weighted by Crippen LogP contribution is 2.25. The highest BCUT2D eigenvalue weighted by Gasteiger charge is 2.21. The van der Waals surface area contributed by atoms with Crippen molar-refractivity contribution >= 4 is 28.9 Å². The maximum absolute atomic E-state index is 13.2. The first-order valence-corrected chi connectivity index (χ1v) is 11.9. The van der Waals surface area contributed by atoms with Gasteiger partial charge in [0.15, 0.2) is 0 Å². The molecule has 3 aromatic rings. The van der Waals surface area contributed by atoms with Crippen LogP contribution in [-0.2, 0) is 6.54 Å². The minimum Gasteiger partial charge on any atom is -0.369 e. The predicted octanol–water partition coefficient (Wildman–Crippen LogP) is 4.90. The van der Waals surface area contributed by atoms with E-state index in [0.717, 1.165) is 55.2 Å². The van der Waals surface area contributed by atoms with Gasteiger partial charge in [-0.1, -0.05) is 36.7 Å². The topological polar surface area (TPSA) is 53.4 Å². The summed E-state index contributed by atoms with van der Waals surface area (Å²) in [6.45, 7) is 13.9. The third kappa shape index (κ3) is 5.07. The third-order valence-electron chi connectivity index (χ3n) is 6.53. The molecule has 2 heterocycles. The lowest BCUT2D eigenvalue weighted by atomic mass is 10.1. The number of carbonyl (C=O) groups is 1. The molecule has 33 heavy (non-hydrogen) atoms. The lowest BCUT2D eigenvalue weighted by Crippen LogP contribution is -2.46. The molecule has 4 rings (SSSR count). The van der Waals surface area contributed by atoms with E-state index in [9.17, 15) is 4.79 Å². The van der Waals surface area contributed by atoms with Crippen LogP contribution < -0.4 is 10.2 Å². The van der Waals surface area contributed by atoms with Crippen LogP contribution in [0.15, 0.2) is 42.5 Å². The second kappa shape index (κ2) is 9.98. The van der Waals surface area contributed by atoms with Gasteiger partial charge in [-0.25, -0.2) is 0 Å². The molecule has 0 radical (unpaired) electrons. The molecule has 1 aliphatic rings. The van der Waals surface area contributed by atoms with Crippen LogP contribution in [0, 0.1) is 20.8 Å². The Balaban J connectivity index is 1.48. The number of aryl methyl sites for hydroxylation is 2. The highest BCUT2D eigenvalue weighted by molar-refractivity contribution is 6.31. The molecular formula is C26H32ClN5O. The average Bonchev–Trinajstić information content (AvgIpc) is 3.09. The molecule has 1 aromatic heterocycles. The molecule has 0 spiro atoms. The largest absolute Gasteiger partial charge is 0.369 e. The maximum Gasteiger partial charge on any atom is 0.259 e. The molecule has 1 N–H and O–H groups in total. The molecule has 0 unspecified atom stereocenters. The molecule has 1 fully saturated rings. The first-order chi connectivity index (χ1) is 15.9. The number of anilines is 2. The second-order valence-electron chi connectivity index (χ2n) is 8.67. The quantitative estimate of drug-likeness (QED) is 0.562. The molecule has 1 amide bonds. The Morgan fingerprint density at radius 3 is 2.45 bits per heavy atom. The second-order valence-corrected chi connectivity index (χ2v) is 9.08. The molecule has 1 aliphatic heterocycles. The number of halogens is 1. The van der Waals surface area contributed by atoms with Crippen molar-refractivity contribution in [3.05, 3.63) is 75.6 Å². The summed E-state index contributed by atoms with van der Waals surface area (Å²) < 4.78 is 1.84. The summed E-state index contributed by atoms with van der Waals surface area (Å²) in [5.41, 5.74) is 6.21. The van der Waals surface area contributed by atoms with Crippen molar-refractivity contribution in [1.82, 2.24) is 14.7 Å². The monoisotopic (exact) mass is 465 g/mol. The minimum absolute atomic E-state index is 0.136. The maximum atomic E-state index is 13.2. The molecule has 2 aromatic carbocycles. The Hall–Kier alpha value is -2.83. The van der Waals surface area contributed by atoms with Crippen LogP contribution in [-0.4, -0.2) is 53.3 Å². The highest BCUT2D eigenvalue weighted by atomic mass is 35.5. The van der Waals surface area contributed by atoms with E-state index in [1.165, 1.54) is 5.69 Å². The Bertz CT molecular complexity index is 1150. The van der Waals surface area contributed by atoms with Gasteiger partial charge in [-0.2, -0.15) is 5.10 Å². The number of hydrogen-bond donors (Lipinski definition) is 1. The first kappa shape index (κ1) is 23.3. The predicted molar refractivity (Wildman–Crippen MR) is 136 cm³/mol. The number of hydrogen-bond acceptors (Lipinski definition) is 4. The Kier molecular flexibility index (Phi) is 7.05. The van der Waals surface area contributed by atoms with E-state index < -0.39 is 0 Å². The van der Waals surface area contributed by atoms with Gasteiger partial charge in [0.2, 0.25) is 0 Å². The zero-order valence-electron chi connectivity index (χ0n) is 19.9. The minimum atomic E-state index is -0.136. The van der Waals surface area contributed by atoms with Gasteiger partial charge < -0.3 is 15.1 Å². The number of rotatable bonds is 6. The molecule has 174 valence electrons. The molecule has 0 aliphatic carbocycles. The summed E-state index contributed by atoms with van der Waals surface area (Å²) in [6, 6.07) is 14.0. The van der Waals surface area contributed by atoms with Gasteiger partial charge in [-0.15, -0.1) is 0 Å². The molecule has 0 atom stereocenters. The van der Waals surface area contributed by atoms with Gasteiger partial charge in [0.05, 0.1) is 17.8 Å². The van der Waals surface area contributed by atoms with Gasteiger partial charge in [0.25, 0.3) is 5.91 Å². The number of piperazine rings is 1. The van der Waals surface area contributed by atoms with Crippen LogP contribution in [0.1, 0.15) is 39.8 Å². The summed E-state index contributed by atoms with van der Waals surface area (Å²) in [5, 5.41) is 8.40. The Morgan fingerprint density at radius 2 is 1.79 bits per heavy atom. The van der Waals surface area contributed by atoms with Crippen LogP contribution in [0.5, 0.6) is 0 Å². The van der Waals surface area contributed by atoms with Crippen molar-refractivity contribution in [3.8, 4) is 0 Å². The van der Waals surface area contributed by atoms with Crippen molar-refractivity contribution in [2.45, 2.75) is 34.2 Å². The van der Waals surface area contributed by atoms with Crippen molar-refractivity contribution in [2.75, 3.05) is 42.9 Å². The standard InChI is InChI=1S/C26H32ClN5O/c1-5-30-12-14-31(15-13-30)22-10-11-24(18(2)16-22)28-26(33)25-19(3)29-32(20(25)4)17-21-8-6-7-9-23(21)27/h6-11,16H,5,12-15,17H2,1-4H3,(H,28,33). The van der Waals surface area contributed by atoms with Crippen molar-refractivity contribution in [2.24, 2.45) is 0 Å². The number of aromatic nitrogens is 2. The van der Waals surface area contributed by atoms with E-state index in [4.69, 9.17) is 11.6 Å². The SMILES string of the molecule is CCN1CCN(c2ccc(NC(=O)c3c(C)nn(Cc4ccccc4Cl)c3C)c(C)c2)CC1. The summed E-state index contributed by atoms with van der Waals surface area (Å²) in [7, 11) is 0. The van der Waals surface area contributed by atoms with E-state index in [-0.39, 0.29) is 5.91 Å². The van der Waals surface area contributed by atoms with E-state index in [2.05, 4.69) is 39.3 Å². The molecule has 6 nitrogen and oxygen atoms in total. The first-order valence-electron chi connectivity index (χ1n) is 11.5. The van der Waals surface area contributed by atoms with Crippen molar-refractivity contribution in [1.29, 1.82) is 0 Å². The molecule has 7 heteroatoms. The van der Waals surface area contributed by atoms with Crippen molar-refractivity contribution < 1.29 is 4.79 Å². The van der Waals surface area contributed by atoms with Crippen LogP contribution in [0.4, 0.5) is 11.4 Å². The summed E-state index contributed by atoms with van der Waals surface area (Å²) in [6.07, 6.45) is 0. The number of nitrogens with zero attached hydrogens (tertiary/aromatic N) is 4. The Labute approximate surface area is 201 Å². The van der Waals surface area contributed by atoms with Crippen LogP contribution in [0.3, 0.4) is 0 Å². The lowest BCUT2D eigenvalue weighted by molar-refractivity contribution is 0.102. The third-order valence-corrected chi connectivity index (χ3v) is 6.90. The molecule has 0 bridgehead atoms. The lowest BCUT2D eigenvalue weighted by Gasteiger charge is -2.35. The fourth-order valence-corrected chi connectivity index (χ4v) is 4.65. The zero-order valence-corrected chi connectivity index (χ0v) is 20.6. The van der Waals surface area contributed by atoms with Crippen LogP contribution in [0.2, 0.25) is 5.02 Å².